The van der Waals surface area contributed by atoms with E-state index in [-0.39, 0.29) is 17.3 Å². The molecule has 1 heterocycles. The standard InChI is InChI=1S/C10H18N2O3S/c1-10(2,3)15-9(14)12-4-5-16-7(6-12)8(11)13/h7H,4-6H2,1-3H3,(H2,11,13)/t7-/m0/s1. The quantitative estimate of drug-likeness (QED) is 0.743. The molecule has 1 aliphatic heterocycles. The van der Waals surface area contributed by atoms with Gasteiger partial charge in [-0.2, -0.15) is 0 Å². The molecular formula is C10H18N2O3S. The van der Waals surface area contributed by atoms with Crippen LogP contribution < -0.4 is 5.73 Å². The van der Waals surface area contributed by atoms with Crippen LogP contribution in [-0.4, -0.2) is 46.6 Å². The number of nitrogens with zero attached hydrogens (tertiary/aromatic N) is 1. The number of carbonyl (C=O) groups is 2. The van der Waals surface area contributed by atoms with E-state index >= 15 is 0 Å². The molecule has 0 aliphatic carbocycles. The molecule has 0 bridgehead atoms. The zero-order valence-corrected chi connectivity index (χ0v) is 10.7. The number of nitrogens with two attached hydrogens (primary N) is 1. The smallest absolute Gasteiger partial charge is 0.410 e. The number of carbonyl (C=O) groups excluding carboxylic acids is 2. The first-order chi connectivity index (χ1) is 7.29. The molecule has 1 saturated heterocycles. The third-order valence-corrected chi connectivity index (χ3v) is 3.24. The van der Waals surface area contributed by atoms with Crippen molar-refractivity contribution in [2.75, 3.05) is 18.8 Å². The Kier molecular flexibility index (Phi) is 4.07. The van der Waals surface area contributed by atoms with E-state index in [1.807, 2.05) is 20.8 Å². The lowest BCUT2D eigenvalue weighted by molar-refractivity contribution is -0.117. The first kappa shape index (κ1) is 13.2. The Morgan fingerprint density at radius 1 is 1.44 bits per heavy atom. The minimum atomic E-state index is -0.510. The van der Waals surface area contributed by atoms with Crippen LogP contribution in [0.3, 0.4) is 0 Å². The molecule has 1 atom stereocenters. The van der Waals surface area contributed by atoms with Gasteiger partial charge in [0.1, 0.15) is 10.9 Å². The van der Waals surface area contributed by atoms with Crippen LogP contribution in [0.1, 0.15) is 20.8 Å². The summed E-state index contributed by atoms with van der Waals surface area (Å²) in [6, 6.07) is 0. The highest BCUT2D eigenvalue weighted by Crippen LogP contribution is 2.20. The van der Waals surface area contributed by atoms with Crippen molar-refractivity contribution in [3.63, 3.8) is 0 Å². The van der Waals surface area contributed by atoms with Crippen molar-refractivity contribution >= 4 is 23.8 Å². The molecule has 0 saturated carbocycles. The SMILES string of the molecule is CC(C)(C)OC(=O)N1CCS[C@H](C(N)=O)C1. The molecule has 0 unspecified atom stereocenters. The summed E-state index contributed by atoms with van der Waals surface area (Å²) in [6.07, 6.45) is -0.376. The number of hydrogen-bond donors (Lipinski definition) is 1. The third kappa shape index (κ3) is 3.92. The molecule has 0 radical (unpaired) electrons. The maximum atomic E-state index is 11.7. The Balaban J connectivity index is 2.54. The van der Waals surface area contributed by atoms with E-state index in [1.54, 1.807) is 0 Å². The normalized spacial score (nSPS) is 21.7. The fourth-order valence-corrected chi connectivity index (χ4v) is 2.37. The van der Waals surface area contributed by atoms with Crippen LogP contribution in [0.2, 0.25) is 0 Å². The monoisotopic (exact) mass is 246 g/mol. The zero-order chi connectivity index (χ0) is 12.3. The molecule has 1 rings (SSSR count). The third-order valence-electron chi connectivity index (χ3n) is 2.04. The summed E-state index contributed by atoms with van der Waals surface area (Å²) in [5, 5.41) is -0.318. The molecule has 0 aromatic heterocycles. The summed E-state index contributed by atoms with van der Waals surface area (Å²) in [7, 11) is 0. The van der Waals surface area contributed by atoms with Crippen LogP contribution in [-0.2, 0) is 9.53 Å². The van der Waals surface area contributed by atoms with Gasteiger partial charge in [0.2, 0.25) is 5.91 Å². The summed E-state index contributed by atoms with van der Waals surface area (Å²) < 4.78 is 5.23. The fraction of sp³-hybridized carbons (Fsp3) is 0.800. The van der Waals surface area contributed by atoms with E-state index < -0.39 is 5.60 Å². The predicted molar refractivity (Wildman–Crippen MR) is 63.2 cm³/mol. The van der Waals surface area contributed by atoms with E-state index in [9.17, 15) is 9.59 Å². The summed E-state index contributed by atoms with van der Waals surface area (Å²) in [5.74, 6) is 0.339. The van der Waals surface area contributed by atoms with E-state index in [4.69, 9.17) is 10.5 Å². The topological polar surface area (TPSA) is 72.6 Å². The average molecular weight is 246 g/mol. The van der Waals surface area contributed by atoms with Crippen molar-refractivity contribution in [1.82, 2.24) is 4.90 Å². The summed E-state index contributed by atoms with van der Waals surface area (Å²) in [5.41, 5.74) is 4.71. The van der Waals surface area contributed by atoms with Crippen molar-refractivity contribution in [2.45, 2.75) is 31.6 Å². The van der Waals surface area contributed by atoms with E-state index in [1.165, 1.54) is 16.7 Å². The summed E-state index contributed by atoms with van der Waals surface area (Å²) >= 11 is 1.49. The molecule has 2 amide bonds. The number of amides is 2. The highest BCUT2D eigenvalue weighted by atomic mass is 32.2. The lowest BCUT2D eigenvalue weighted by Crippen LogP contribution is -2.48. The average Bonchev–Trinajstić information content (AvgIpc) is 2.15. The van der Waals surface area contributed by atoms with Gasteiger partial charge in [-0.3, -0.25) is 4.79 Å². The highest BCUT2D eigenvalue weighted by molar-refractivity contribution is 8.00. The van der Waals surface area contributed by atoms with Gasteiger partial charge < -0.3 is 15.4 Å². The Hall–Kier alpha value is -0.910. The molecular weight excluding hydrogens is 228 g/mol. The van der Waals surface area contributed by atoms with Crippen molar-refractivity contribution in [3.05, 3.63) is 0 Å². The Morgan fingerprint density at radius 3 is 2.56 bits per heavy atom. The molecule has 1 fully saturated rings. The Labute approximate surface area is 99.7 Å². The minimum absolute atomic E-state index is 0.318. The summed E-state index contributed by atoms with van der Waals surface area (Å²) in [4.78, 5) is 24.3. The second-order valence-electron chi connectivity index (χ2n) is 4.69. The van der Waals surface area contributed by atoms with Gasteiger partial charge in [0.15, 0.2) is 0 Å². The molecule has 16 heavy (non-hydrogen) atoms. The van der Waals surface area contributed by atoms with Crippen molar-refractivity contribution in [2.24, 2.45) is 5.73 Å². The van der Waals surface area contributed by atoms with Crippen LogP contribution in [0.5, 0.6) is 0 Å². The van der Waals surface area contributed by atoms with E-state index in [0.717, 1.165) is 0 Å². The highest BCUT2D eigenvalue weighted by Gasteiger charge is 2.30. The van der Waals surface area contributed by atoms with Gasteiger partial charge in [-0.1, -0.05) is 0 Å². The number of thioether (sulfide) groups is 1. The van der Waals surface area contributed by atoms with Gasteiger partial charge in [-0.15, -0.1) is 11.8 Å². The number of ether oxygens (including phenoxy) is 1. The Morgan fingerprint density at radius 2 is 2.06 bits per heavy atom. The van der Waals surface area contributed by atoms with Crippen molar-refractivity contribution in [1.29, 1.82) is 0 Å². The number of rotatable bonds is 1. The maximum Gasteiger partial charge on any atom is 0.410 e. The second-order valence-corrected chi connectivity index (χ2v) is 6.00. The van der Waals surface area contributed by atoms with Gasteiger partial charge in [-0.25, -0.2) is 4.79 Å². The van der Waals surface area contributed by atoms with Crippen LogP contribution in [0, 0.1) is 0 Å². The molecule has 6 heteroatoms. The number of primary amides is 1. The first-order valence-electron chi connectivity index (χ1n) is 5.18. The van der Waals surface area contributed by atoms with Crippen LogP contribution in [0.4, 0.5) is 4.79 Å². The zero-order valence-electron chi connectivity index (χ0n) is 9.86. The molecule has 2 N–H and O–H groups in total. The molecule has 92 valence electrons. The van der Waals surface area contributed by atoms with E-state index in [2.05, 4.69) is 0 Å². The molecule has 0 aromatic carbocycles. The van der Waals surface area contributed by atoms with Gasteiger partial charge in [-0.05, 0) is 20.8 Å². The van der Waals surface area contributed by atoms with Crippen LogP contribution in [0.15, 0.2) is 0 Å². The lowest BCUT2D eigenvalue weighted by Gasteiger charge is -2.32. The molecule has 5 nitrogen and oxygen atoms in total. The predicted octanol–water partition coefficient (Wildman–Crippen LogP) is 0.824. The van der Waals surface area contributed by atoms with Crippen LogP contribution >= 0.6 is 11.8 Å². The molecule has 1 aliphatic rings. The Bertz CT molecular complexity index is 288. The number of hydrogen-bond acceptors (Lipinski definition) is 4. The van der Waals surface area contributed by atoms with Gasteiger partial charge in [0.05, 0.1) is 0 Å². The van der Waals surface area contributed by atoms with E-state index in [0.29, 0.717) is 18.8 Å². The van der Waals surface area contributed by atoms with Gasteiger partial charge in [0.25, 0.3) is 0 Å². The first-order valence-corrected chi connectivity index (χ1v) is 6.23. The van der Waals surface area contributed by atoms with Gasteiger partial charge >= 0.3 is 6.09 Å². The summed E-state index contributed by atoms with van der Waals surface area (Å²) in [6.45, 7) is 6.39. The minimum Gasteiger partial charge on any atom is -0.444 e. The fourth-order valence-electron chi connectivity index (χ4n) is 1.31. The second kappa shape index (κ2) is 4.95. The van der Waals surface area contributed by atoms with Crippen molar-refractivity contribution in [3.8, 4) is 0 Å². The lowest BCUT2D eigenvalue weighted by atomic mass is 10.2. The molecule has 0 aromatic rings. The maximum absolute atomic E-state index is 11.7. The molecule has 0 spiro atoms. The van der Waals surface area contributed by atoms with Crippen LogP contribution in [0.25, 0.3) is 0 Å². The van der Waals surface area contributed by atoms with Gasteiger partial charge in [0, 0.05) is 18.8 Å². The van der Waals surface area contributed by atoms with Crippen molar-refractivity contribution < 1.29 is 14.3 Å². The largest absolute Gasteiger partial charge is 0.444 e.